The van der Waals surface area contributed by atoms with Gasteiger partial charge >= 0.3 is 12.1 Å². The molecule has 2 rings (SSSR count). The van der Waals surface area contributed by atoms with Crippen molar-refractivity contribution in [2.75, 3.05) is 13.2 Å². The minimum Gasteiger partial charge on any atom is -0.476 e. The maximum Gasteiger partial charge on any atom is 0.389 e. The molecule has 186 valence electrons. The zero-order valence-electron chi connectivity index (χ0n) is 19.2. The van der Waals surface area contributed by atoms with E-state index in [-0.39, 0.29) is 18.9 Å². The molecule has 0 aliphatic heterocycles. The van der Waals surface area contributed by atoms with Crippen molar-refractivity contribution < 1.29 is 32.2 Å². The molecule has 0 spiro atoms. The van der Waals surface area contributed by atoms with Crippen LogP contribution in [0.4, 0.5) is 13.2 Å². The highest BCUT2D eigenvalue weighted by Gasteiger charge is 2.32. The van der Waals surface area contributed by atoms with Crippen LogP contribution in [0.3, 0.4) is 0 Å². The molecule has 2 aromatic rings. The first-order chi connectivity index (χ1) is 16.0. The van der Waals surface area contributed by atoms with E-state index in [2.05, 4.69) is 5.32 Å². The second-order valence-corrected chi connectivity index (χ2v) is 8.77. The summed E-state index contributed by atoms with van der Waals surface area (Å²) in [4.78, 5) is 24.4. The number of halogens is 4. The summed E-state index contributed by atoms with van der Waals surface area (Å²) in [5.74, 6) is -0.296. The first-order valence-electron chi connectivity index (χ1n) is 11.0. The van der Waals surface area contributed by atoms with Crippen molar-refractivity contribution in [2.24, 2.45) is 0 Å². The SMILES string of the molecule is CC(C)(Oc1ccc(CCNC(=O)c2ccc(Cl)cc2)cc1)C(=O)OCCCCCC(F)(F)F. The van der Waals surface area contributed by atoms with E-state index in [9.17, 15) is 22.8 Å². The lowest BCUT2D eigenvalue weighted by molar-refractivity contribution is -0.159. The summed E-state index contributed by atoms with van der Waals surface area (Å²) in [7, 11) is 0. The Bertz CT molecular complexity index is 929. The molecule has 0 bridgehead atoms. The molecule has 5 nitrogen and oxygen atoms in total. The van der Waals surface area contributed by atoms with E-state index >= 15 is 0 Å². The maximum absolute atomic E-state index is 12.3. The van der Waals surface area contributed by atoms with Crippen molar-refractivity contribution in [1.82, 2.24) is 5.32 Å². The summed E-state index contributed by atoms with van der Waals surface area (Å²) in [6, 6.07) is 13.8. The van der Waals surface area contributed by atoms with Gasteiger partial charge in [0.2, 0.25) is 0 Å². The van der Waals surface area contributed by atoms with Gasteiger partial charge in [0.05, 0.1) is 6.61 Å². The van der Waals surface area contributed by atoms with E-state index in [1.165, 1.54) is 0 Å². The van der Waals surface area contributed by atoms with Gasteiger partial charge in [-0.25, -0.2) is 4.79 Å². The molecule has 1 N–H and O–H groups in total. The molecule has 0 heterocycles. The Hall–Kier alpha value is -2.74. The van der Waals surface area contributed by atoms with E-state index in [1.807, 2.05) is 12.1 Å². The Morgan fingerprint density at radius 1 is 0.941 bits per heavy atom. The average Bonchev–Trinajstić information content (AvgIpc) is 2.76. The molecule has 0 atom stereocenters. The monoisotopic (exact) mass is 499 g/mol. The van der Waals surface area contributed by atoms with Gasteiger partial charge in [-0.3, -0.25) is 4.79 Å². The minimum absolute atomic E-state index is 0.0120. The van der Waals surface area contributed by atoms with Crippen LogP contribution in [0.5, 0.6) is 5.75 Å². The number of ether oxygens (including phenoxy) is 2. The fourth-order valence-corrected chi connectivity index (χ4v) is 3.15. The fourth-order valence-electron chi connectivity index (χ4n) is 3.03. The van der Waals surface area contributed by atoms with Gasteiger partial charge in [0.25, 0.3) is 5.91 Å². The van der Waals surface area contributed by atoms with Crippen molar-refractivity contribution in [3.8, 4) is 5.75 Å². The van der Waals surface area contributed by atoms with Crippen LogP contribution in [0, 0.1) is 0 Å². The number of alkyl halides is 3. The number of carbonyl (C=O) groups excluding carboxylic acids is 2. The molecule has 0 aliphatic rings. The first kappa shape index (κ1) is 27.5. The standard InChI is InChI=1S/C25H29ClF3NO4/c1-24(2,23(32)33-17-5-3-4-15-25(27,28)29)34-21-12-6-18(7-13-21)14-16-30-22(31)19-8-10-20(26)11-9-19/h6-13H,3-5,14-17H2,1-2H3,(H,30,31). The zero-order chi connectivity index (χ0) is 25.2. The number of esters is 1. The number of amides is 1. The van der Waals surface area contributed by atoms with Gasteiger partial charge in [-0.05, 0) is 81.5 Å². The van der Waals surface area contributed by atoms with Gasteiger partial charge in [-0.2, -0.15) is 13.2 Å². The van der Waals surface area contributed by atoms with Gasteiger partial charge in [0.1, 0.15) is 5.75 Å². The van der Waals surface area contributed by atoms with Crippen LogP contribution in [-0.4, -0.2) is 36.8 Å². The molecule has 0 radical (unpaired) electrons. The fraction of sp³-hybridized carbons (Fsp3) is 0.440. The van der Waals surface area contributed by atoms with Crippen LogP contribution >= 0.6 is 11.6 Å². The molecule has 0 fully saturated rings. The Morgan fingerprint density at radius 2 is 1.59 bits per heavy atom. The number of hydrogen-bond acceptors (Lipinski definition) is 4. The molecule has 2 aromatic carbocycles. The molecule has 0 aliphatic carbocycles. The van der Waals surface area contributed by atoms with Crippen LogP contribution in [0.2, 0.25) is 5.02 Å². The number of rotatable bonds is 12. The van der Waals surface area contributed by atoms with Crippen molar-refractivity contribution in [1.29, 1.82) is 0 Å². The number of nitrogens with one attached hydrogen (secondary N) is 1. The molecular formula is C25H29ClF3NO4. The molecule has 0 aromatic heterocycles. The summed E-state index contributed by atoms with van der Waals surface area (Å²) >= 11 is 5.82. The lowest BCUT2D eigenvalue weighted by atomic mass is 10.1. The highest BCUT2D eigenvalue weighted by atomic mass is 35.5. The second kappa shape index (κ2) is 12.6. The van der Waals surface area contributed by atoms with E-state index in [1.54, 1.807) is 50.2 Å². The number of carbonyl (C=O) groups is 2. The van der Waals surface area contributed by atoms with Crippen molar-refractivity contribution in [3.05, 3.63) is 64.7 Å². The van der Waals surface area contributed by atoms with Crippen LogP contribution in [0.15, 0.2) is 48.5 Å². The third kappa shape index (κ3) is 10.0. The van der Waals surface area contributed by atoms with Gasteiger partial charge in [-0.15, -0.1) is 0 Å². The third-order valence-corrected chi connectivity index (χ3v) is 5.18. The van der Waals surface area contributed by atoms with Crippen LogP contribution in [0.1, 0.15) is 55.5 Å². The van der Waals surface area contributed by atoms with Crippen molar-refractivity contribution >= 4 is 23.5 Å². The van der Waals surface area contributed by atoms with Crippen LogP contribution < -0.4 is 10.1 Å². The zero-order valence-corrected chi connectivity index (χ0v) is 20.0. The van der Waals surface area contributed by atoms with Gasteiger partial charge in [0.15, 0.2) is 5.60 Å². The molecule has 34 heavy (non-hydrogen) atoms. The summed E-state index contributed by atoms with van der Waals surface area (Å²) in [5, 5.41) is 3.41. The van der Waals surface area contributed by atoms with E-state index in [4.69, 9.17) is 21.1 Å². The normalized spacial score (nSPS) is 11.7. The summed E-state index contributed by atoms with van der Waals surface area (Å²) in [6.45, 7) is 3.63. The van der Waals surface area contributed by atoms with Gasteiger partial charge in [0, 0.05) is 23.6 Å². The van der Waals surface area contributed by atoms with E-state index in [0.29, 0.717) is 42.1 Å². The Labute approximate surface area is 202 Å². The minimum atomic E-state index is -4.16. The van der Waals surface area contributed by atoms with Crippen LogP contribution in [0.25, 0.3) is 0 Å². The molecule has 9 heteroatoms. The van der Waals surface area contributed by atoms with Gasteiger partial charge in [-0.1, -0.05) is 23.7 Å². The molecule has 0 unspecified atom stereocenters. The molecular weight excluding hydrogens is 471 g/mol. The maximum atomic E-state index is 12.3. The first-order valence-corrected chi connectivity index (χ1v) is 11.4. The largest absolute Gasteiger partial charge is 0.476 e. The number of hydrogen-bond donors (Lipinski definition) is 1. The van der Waals surface area contributed by atoms with Crippen molar-refractivity contribution in [2.45, 2.75) is 57.7 Å². The smallest absolute Gasteiger partial charge is 0.389 e. The average molecular weight is 500 g/mol. The van der Waals surface area contributed by atoms with Crippen LogP contribution in [-0.2, 0) is 16.0 Å². The quantitative estimate of drug-likeness (QED) is 0.281. The Kier molecular flexibility index (Phi) is 10.2. The highest BCUT2D eigenvalue weighted by Crippen LogP contribution is 2.23. The van der Waals surface area contributed by atoms with Crippen molar-refractivity contribution in [3.63, 3.8) is 0 Å². The summed E-state index contributed by atoms with van der Waals surface area (Å²) in [6.07, 6.45) is -3.68. The lowest BCUT2D eigenvalue weighted by Gasteiger charge is -2.24. The summed E-state index contributed by atoms with van der Waals surface area (Å²) in [5.41, 5.74) is 0.256. The number of unbranched alkanes of at least 4 members (excludes halogenated alkanes) is 2. The molecule has 0 saturated carbocycles. The lowest BCUT2D eigenvalue weighted by Crippen LogP contribution is -2.39. The molecule has 1 amide bonds. The molecule has 0 saturated heterocycles. The van der Waals surface area contributed by atoms with E-state index < -0.39 is 24.2 Å². The summed E-state index contributed by atoms with van der Waals surface area (Å²) < 4.78 is 47.3. The number of benzene rings is 2. The van der Waals surface area contributed by atoms with Gasteiger partial charge < -0.3 is 14.8 Å². The Balaban J connectivity index is 1.72. The third-order valence-electron chi connectivity index (χ3n) is 4.93. The predicted octanol–water partition coefficient (Wildman–Crippen LogP) is 6.14. The Morgan fingerprint density at radius 3 is 2.21 bits per heavy atom. The second-order valence-electron chi connectivity index (χ2n) is 8.33. The van der Waals surface area contributed by atoms with E-state index in [0.717, 1.165) is 5.56 Å². The topological polar surface area (TPSA) is 64.6 Å². The highest BCUT2D eigenvalue weighted by molar-refractivity contribution is 6.30. The predicted molar refractivity (Wildman–Crippen MR) is 124 cm³/mol.